The standard InChI is InChI=1S/C12H16N2O3/c1-2-3-4-7-14-11(15)10-9(12(16)17)6-5-8-13-10/h5-6,8H,2-4,7H2,1H3,(H,14,15)(H,16,17). The fourth-order valence-corrected chi connectivity index (χ4v) is 1.42. The zero-order valence-corrected chi connectivity index (χ0v) is 9.77. The quantitative estimate of drug-likeness (QED) is 0.737. The fourth-order valence-electron chi connectivity index (χ4n) is 1.42. The summed E-state index contributed by atoms with van der Waals surface area (Å²) in [5.74, 6) is -1.57. The van der Waals surface area contributed by atoms with Gasteiger partial charge in [-0.1, -0.05) is 19.8 Å². The maximum absolute atomic E-state index is 11.7. The highest BCUT2D eigenvalue weighted by molar-refractivity contribution is 6.03. The first kappa shape index (κ1) is 13.2. The smallest absolute Gasteiger partial charge is 0.338 e. The van der Waals surface area contributed by atoms with Crippen LogP contribution < -0.4 is 5.32 Å². The summed E-state index contributed by atoms with van der Waals surface area (Å²) in [6.45, 7) is 2.62. The molecule has 0 bridgehead atoms. The second-order valence-corrected chi connectivity index (χ2v) is 3.67. The van der Waals surface area contributed by atoms with Gasteiger partial charge in [0, 0.05) is 12.7 Å². The number of hydrogen-bond acceptors (Lipinski definition) is 3. The van der Waals surface area contributed by atoms with Gasteiger partial charge in [-0.3, -0.25) is 9.78 Å². The normalized spacial score (nSPS) is 9.94. The lowest BCUT2D eigenvalue weighted by atomic mass is 10.2. The molecule has 5 nitrogen and oxygen atoms in total. The van der Waals surface area contributed by atoms with Gasteiger partial charge >= 0.3 is 5.97 Å². The predicted molar refractivity (Wildman–Crippen MR) is 63.1 cm³/mol. The molecule has 0 saturated heterocycles. The number of unbranched alkanes of at least 4 members (excludes halogenated alkanes) is 2. The van der Waals surface area contributed by atoms with E-state index in [0.29, 0.717) is 6.54 Å². The van der Waals surface area contributed by atoms with Gasteiger partial charge in [-0.2, -0.15) is 0 Å². The number of aromatic carboxylic acids is 1. The minimum atomic E-state index is -1.14. The van der Waals surface area contributed by atoms with E-state index in [-0.39, 0.29) is 11.3 Å². The van der Waals surface area contributed by atoms with Crippen LogP contribution in [0.2, 0.25) is 0 Å². The number of hydrogen-bond donors (Lipinski definition) is 2. The van der Waals surface area contributed by atoms with Gasteiger partial charge in [0.2, 0.25) is 0 Å². The first-order valence-corrected chi connectivity index (χ1v) is 5.63. The van der Waals surface area contributed by atoms with Crippen molar-refractivity contribution in [3.63, 3.8) is 0 Å². The van der Waals surface area contributed by atoms with E-state index in [1.54, 1.807) is 0 Å². The van der Waals surface area contributed by atoms with Crippen molar-refractivity contribution < 1.29 is 14.7 Å². The van der Waals surface area contributed by atoms with E-state index in [4.69, 9.17) is 5.11 Å². The van der Waals surface area contributed by atoms with E-state index in [0.717, 1.165) is 19.3 Å². The number of amides is 1. The molecular formula is C12H16N2O3. The number of pyridine rings is 1. The molecule has 0 aliphatic carbocycles. The molecule has 0 radical (unpaired) electrons. The van der Waals surface area contributed by atoms with E-state index in [1.807, 2.05) is 0 Å². The zero-order valence-electron chi connectivity index (χ0n) is 9.77. The molecule has 17 heavy (non-hydrogen) atoms. The lowest BCUT2D eigenvalue weighted by Gasteiger charge is -2.06. The number of aromatic nitrogens is 1. The molecule has 2 N–H and O–H groups in total. The van der Waals surface area contributed by atoms with Crippen LogP contribution in [0.15, 0.2) is 18.3 Å². The van der Waals surface area contributed by atoms with Crippen molar-refractivity contribution in [3.8, 4) is 0 Å². The molecule has 0 fully saturated rings. The van der Waals surface area contributed by atoms with Crippen molar-refractivity contribution >= 4 is 11.9 Å². The lowest BCUT2D eigenvalue weighted by Crippen LogP contribution is -2.27. The minimum absolute atomic E-state index is 0.0310. The molecule has 0 spiro atoms. The monoisotopic (exact) mass is 236 g/mol. The van der Waals surface area contributed by atoms with Crippen LogP contribution in [0.4, 0.5) is 0 Å². The van der Waals surface area contributed by atoms with Gasteiger partial charge in [0.15, 0.2) is 0 Å². The maximum atomic E-state index is 11.7. The van der Waals surface area contributed by atoms with Crippen molar-refractivity contribution in [2.45, 2.75) is 26.2 Å². The van der Waals surface area contributed by atoms with Gasteiger partial charge in [0.1, 0.15) is 5.69 Å². The maximum Gasteiger partial charge on any atom is 0.338 e. The van der Waals surface area contributed by atoms with Gasteiger partial charge in [-0.15, -0.1) is 0 Å². The highest BCUT2D eigenvalue weighted by atomic mass is 16.4. The van der Waals surface area contributed by atoms with Gasteiger partial charge in [0.05, 0.1) is 5.56 Å². The molecule has 1 rings (SSSR count). The number of carboxylic acids is 1. The Morgan fingerprint density at radius 2 is 2.18 bits per heavy atom. The van der Waals surface area contributed by atoms with E-state index >= 15 is 0 Å². The Morgan fingerprint density at radius 1 is 1.41 bits per heavy atom. The Morgan fingerprint density at radius 3 is 2.82 bits per heavy atom. The largest absolute Gasteiger partial charge is 0.478 e. The Bertz CT molecular complexity index is 404. The fraction of sp³-hybridized carbons (Fsp3) is 0.417. The van der Waals surface area contributed by atoms with Crippen molar-refractivity contribution in [3.05, 3.63) is 29.6 Å². The summed E-state index contributed by atoms with van der Waals surface area (Å²) < 4.78 is 0. The van der Waals surface area contributed by atoms with Crippen molar-refractivity contribution in [2.75, 3.05) is 6.54 Å². The third-order valence-corrected chi connectivity index (χ3v) is 2.32. The van der Waals surface area contributed by atoms with Crippen molar-refractivity contribution in [1.82, 2.24) is 10.3 Å². The van der Waals surface area contributed by atoms with Crippen molar-refractivity contribution in [2.24, 2.45) is 0 Å². The molecule has 1 amide bonds. The Balaban J connectivity index is 2.65. The van der Waals surface area contributed by atoms with E-state index in [9.17, 15) is 9.59 Å². The predicted octanol–water partition coefficient (Wildman–Crippen LogP) is 1.70. The summed E-state index contributed by atoms with van der Waals surface area (Å²) in [6.07, 6.45) is 4.40. The molecule has 0 aliphatic heterocycles. The summed E-state index contributed by atoms with van der Waals surface area (Å²) in [5, 5.41) is 11.6. The molecule has 1 aromatic heterocycles. The molecule has 0 unspecified atom stereocenters. The van der Waals surface area contributed by atoms with Crippen molar-refractivity contribution in [1.29, 1.82) is 0 Å². The number of carbonyl (C=O) groups excluding carboxylic acids is 1. The highest BCUT2D eigenvalue weighted by Crippen LogP contribution is 2.05. The average molecular weight is 236 g/mol. The summed E-state index contributed by atoms with van der Waals surface area (Å²) in [7, 11) is 0. The summed E-state index contributed by atoms with van der Waals surface area (Å²) in [6, 6.07) is 2.87. The minimum Gasteiger partial charge on any atom is -0.478 e. The third-order valence-electron chi connectivity index (χ3n) is 2.32. The topological polar surface area (TPSA) is 79.3 Å². The zero-order chi connectivity index (χ0) is 12.7. The van der Waals surface area contributed by atoms with Crippen LogP contribution in [-0.2, 0) is 0 Å². The Hall–Kier alpha value is -1.91. The van der Waals surface area contributed by atoms with Gasteiger partial charge in [0.25, 0.3) is 5.91 Å². The van der Waals surface area contributed by atoms with Crippen LogP contribution in [0.3, 0.4) is 0 Å². The first-order valence-electron chi connectivity index (χ1n) is 5.63. The van der Waals surface area contributed by atoms with E-state index in [2.05, 4.69) is 17.2 Å². The molecule has 0 aliphatic rings. The molecule has 1 aromatic rings. The molecule has 1 heterocycles. The van der Waals surface area contributed by atoms with Crippen LogP contribution >= 0.6 is 0 Å². The first-order chi connectivity index (χ1) is 8.16. The van der Waals surface area contributed by atoms with Gasteiger partial charge in [-0.25, -0.2) is 4.79 Å². The molecule has 0 atom stereocenters. The second-order valence-electron chi connectivity index (χ2n) is 3.67. The number of carboxylic acid groups (broad SMARTS) is 1. The molecule has 0 saturated carbocycles. The Labute approximate surface area is 99.9 Å². The van der Waals surface area contributed by atoms with E-state index < -0.39 is 11.9 Å². The molecule has 0 aromatic carbocycles. The van der Waals surface area contributed by atoms with Crippen LogP contribution in [0, 0.1) is 0 Å². The van der Waals surface area contributed by atoms with E-state index in [1.165, 1.54) is 18.3 Å². The average Bonchev–Trinajstić information content (AvgIpc) is 2.34. The SMILES string of the molecule is CCCCCNC(=O)c1ncccc1C(=O)O. The molecule has 5 heteroatoms. The van der Waals surface area contributed by atoms with Crippen LogP contribution in [0.1, 0.15) is 47.0 Å². The number of nitrogens with one attached hydrogen (secondary N) is 1. The van der Waals surface area contributed by atoms with Crippen LogP contribution in [0.5, 0.6) is 0 Å². The second kappa shape index (κ2) is 6.62. The summed E-state index contributed by atoms with van der Waals surface area (Å²) in [4.78, 5) is 26.4. The third kappa shape index (κ3) is 3.86. The number of rotatable bonds is 6. The molecule has 92 valence electrons. The lowest BCUT2D eigenvalue weighted by molar-refractivity contribution is 0.0690. The number of nitrogens with zero attached hydrogens (tertiary/aromatic N) is 1. The Kier molecular flexibility index (Phi) is 5.13. The van der Waals surface area contributed by atoms with Crippen LogP contribution in [0.25, 0.3) is 0 Å². The highest BCUT2D eigenvalue weighted by Gasteiger charge is 2.16. The van der Waals surface area contributed by atoms with Crippen LogP contribution in [-0.4, -0.2) is 28.5 Å². The van der Waals surface area contributed by atoms with Gasteiger partial charge in [-0.05, 0) is 18.6 Å². The summed E-state index contributed by atoms with van der Waals surface area (Å²) >= 11 is 0. The summed E-state index contributed by atoms with van der Waals surface area (Å²) in [5.41, 5.74) is -0.100. The number of carbonyl (C=O) groups is 2. The molecular weight excluding hydrogens is 220 g/mol. The van der Waals surface area contributed by atoms with Gasteiger partial charge < -0.3 is 10.4 Å².